The molecule has 0 amide bonds. The van der Waals surface area contributed by atoms with Gasteiger partial charge in [-0.2, -0.15) is 0 Å². The van der Waals surface area contributed by atoms with E-state index < -0.39 is 43.0 Å². The Morgan fingerprint density at radius 2 is 1.11 bits per heavy atom. The van der Waals surface area contributed by atoms with E-state index in [1.807, 2.05) is 12.1 Å². The standard InChI is InChI=1S/C32H50O6/c1-4-6-10-23-12-8-14-25(18-23)16-22(3)17-27(20-26-15-9-13-24(19-26)11-7-5-2)29(35)31(37)32(38)30(36)28(34)21-33/h8-9,12-15,18-19,22,27-38H,4-7,10-11,16-17,20-21H2,1-3H3/t22?,27?,28-,29?,30+,31+,32-/m0/s1. The molecule has 6 heteroatoms. The summed E-state index contributed by atoms with van der Waals surface area (Å²) < 4.78 is 0. The summed E-state index contributed by atoms with van der Waals surface area (Å²) in [7, 11) is 0. The maximum atomic E-state index is 11.2. The van der Waals surface area contributed by atoms with Crippen molar-refractivity contribution < 1.29 is 30.6 Å². The molecule has 0 saturated carbocycles. The van der Waals surface area contributed by atoms with Crippen LogP contribution in [0.25, 0.3) is 0 Å². The summed E-state index contributed by atoms with van der Waals surface area (Å²) in [5.74, 6) is -0.200. The fraction of sp³-hybridized carbons (Fsp3) is 0.625. The molecule has 6 nitrogen and oxygen atoms in total. The third kappa shape index (κ3) is 10.4. The molecule has 0 aliphatic rings. The summed E-state index contributed by atoms with van der Waals surface area (Å²) in [4.78, 5) is 0. The van der Waals surface area contributed by atoms with Gasteiger partial charge in [0.25, 0.3) is 0 Å². The molecule has 0 fully saturated rings. The molecule has 0 aliphatic carbocycles. The number of aliphatic hydroxyl groups is 6. The van der Waals surface area contributed by atoms with Gasteiger partial charge in [-0.1, -0.05) is 82.1 Å². The SMILES string of the molecule is CCCCc1cccc(CC(C)CC(Cc2cccc(CCCC)c2)C(O)[C@@H](O)[C@@H](O)[C@H](O)[C@@H](O)CO)c1. The quantitative estimate of drug-likeness (QED) is 0.175. The minimum Gasteiger partial charge on any atom is -0.394 e. The highest BCUT2D eigenvalue weighted by Gasteiger charge is 2.37. The third-order valence-electron chi connectivity index (χ3n) is 7.52. The normalized spacial score (nSPS) is 17.4. The second-order valence-electron chi connectivity index (χ2n) is 11.1. The summed E-state index contributed by atoms with van der Waals surface area (Å²) in [6.45, 7) is 5.71. The Hall–Kier alpha value is -1.80. The molecule has 3 unspecified atom stereocenters. The number of hydrogen-bond donors (Lipinski definition) is 6. The van der Waals surface area contributed by atoms with Crippen LogP contribution in [0, 0.1) is 11.8 Å². The molecular formula is C32H50O6. The van der Waals surface area contributed by atoms with Crippen LogP contribution in [0.2, 0.25) is 0 Å². The first-order valence-electron chi connectivity index (χ1n) is 14.4. The van der Waals surface area contributed by atoms with E-state index in [2.05, 4.69) is 57.2 Å². The maximum absolute atomic E-state index is 11.2. The van der Waals surface area contributed by atoms with E-state index in [0.29, 0.717) is 12.8 Å². The molecule has 2 rings (SSSR count). The number of aryl methyl sites for hydroxylation is 2. The summed E-state index contributed by atoms with van der Waals surface area (Å²) in [6, 6.07) is 16.9. The van der Waals surface area contributed by atoms with Crippen LogP contribution in [0.4, 0.5) is 0 Å². The molecule has 6 N–H and O–H groups in total. The van der Waals surface area contributed by atoms with E-state index in [4.69, 9.17) is 5.11 Å². The van der Waals surface area contributed by atoms with Crippen molar-refractivity contribution in [2.24, 2.45) is 11.8 Å². The molecule has 214 valence electrons. The molecule has 0 radical (unpaired) electrons. The minimum atomic E-state index is -1.80. The van der Waals surface area contributed by atoms with Crippen LogP contribution >= 0.6 is 0 Å². The van der Waals surface area contributed by atoms with Gasteiger partial charge in [0, 0.05) is 0 Å². The first-order valence-corrected chi connectivity index (χ1v) is 14.4. The smallest absolute Gasteiger partial charge is 0.111 e. The Bertz CT molecular complexity index is 918. The van der Waals surface area contributed by atoms with Crippen molar-refractivity contribution in [1.82, 2.24) is 0 Å². The lowest BCUT2D eigenvalue weighted by molar-refractivity contribution is -0.149. The largest absolute Gasteiger partial charge is 0.394 e. The molecule has 2 aromatic rings. The summed E-state index contributed by atoms with van der Waals surface area (Å²) >= 11 is 0. The second-order valence-corrected chi connectivity index (χ2v) is 11.1. The Balaban J connectivity index is 2.21. The first-order chi connectivity index (χ1) is 18.2. The topological polar surface area (TPSA) is 121 Å². The number of benzene rings is 2. The monoisotopic (exact) mass is 530 g/mol. The molecule has 0 bridgehead atoms. The summed E-state index contributed by atoms with van der Waals surface area (Å²) in [5.41, 5.74) is 4.85. The number of aliphatic hydroxyl groups excluding tert-OH is 6. The van der Waals surface area contributed by atoms with Crippen molar-refractivity contribution in [3.63, 3.8) is 0 Å². The van der Waals surface area contributed by atoms with Gasteiger partial charge >= 0.3 is 0 Å². The molecular weight excluding hydrogens is 480 g/mol. The maximum Gasteiger partial charge on any atom is 0.111 e. The van der Waals surface area contributed by atoms with Gasteiger partial charge in [-0.25, -0.2) is 0 Å². The van der Waals surface area contributed by atoms with E-state index >= 15 is 0 Å². The zero-order valence-corrected chi connectivity index (χ0v) is 23.4. The lowest BCUT2D eigenvalue weighted by Gasteiger charge is -2.34. The third-order valence-corrected chi connectivity index (χ3v) is 7.52. The lowest BCUT2D eigenvalue weighted by Crippen LogP contribution is -2.52. The number of unbranched alkanes of at least 4 members (excludes halogenated alkanes) is 2. The van der Waals surface area contributed by atoms with Crippen molar-refractivity contribution in [3.05, 3.63) is 70.8 Å². The Morgan fingerprint density at radius 3 is 1.61 bits per heavy atom. The average molecular weight is 531 g/mol. The highest BCUT2D eigenvalue weighted by atomic mass is 16.4. The highest BCUT2D eigenvalue weighted by Crippen LogP contribution is 2.27. The fourth-order valence-electron chi connectivity index (χ4n) is 5.25. The zero-order valence-electron chi connectivity index (χ0n) is 23.4. The van der Waals surface area contributed by atoms with Gasteiger partial charge in [0.05, 0.1) is 12.7 Å². The van der Waals surface area contributed by atoms with E-state index in [-0.39, 0.29) is 5.92 Å². The van der Waals surface area contributed by atoms with Gasteiger partial charge < -0.3 is 30.6 Å². The van der Waals surface area contributed by atoms with E-state index in [1.165, 1.54) is 16.7 Å². The number of rotatable bonds is 18. The molecule has 0 spiro atoms. The van der Waals surface area contributed by atoms with E-state index in [0.717, 1.165) is 50.5 Å². The Morgan fingerprint density at radius 1 is 0.632 bits per heavy atom. The highest BCUT2D eigenvalue weighted by molar-refractivity contribution is 5.25. The van der Waals surface area contributed by atoms with Gasteiger partial charge in [0.15, 0.2) is 0 Å². The fourth-order valence-corrected chi connectivity index (χ4v) is 5.25. The van der Waals surface area contributed by atoms with Crippen LogP contribution in [0.1, 0.15) is 75.1 Å². The van der Waals surface area contributed by atoms with Gasteiger partial charge in [-0.15, -0.1) is 0 Å². The average Bonchev–Trinajstić information content (AvgIpc) is 2.92. The van der Waals surface area contributed by atoms with E-state index in [1.54, 1.807) is 0 Å². The lowest BCUT2D eigenvalue weighted by atomic mass is 9.80. The second kappa shape index (κ2) is 17.0. The van der Waals surface area contributed by atoms with Crippen molar-refractivity contribution in [1.29, 1.82) is 0 Å². The Kier molecular flexibility index (Phi) is 14.5. The summed E-state index contributed by atoms with van der Waals surface area (Å²) in [6.07, 6.45) is 0.286. The predicted octanol–water partition coefficient (Wildman–Crippen LogP) is 3.60. The molecule has 0 aliphatic heterocycles. The van der Waals surface area contributed by atoms with Crippen LogP contribution in [0.3, 0.4) is 0 Å². The molecule has 38 heavy (non-hydrogen) atoms. The van der Waals surface area contributed by atoms with Gasteiger partial charge in [-0.3, -0.25) is 0 Å². The number of hydrogen-bond acceptors (Lipinski definition) is 6. The molecule has 0 heterocycles. The van der Waals surface area contributed by atoms with Crippen LogP contribution in [0.5, 0.6) is 0 Å². The molecule has 2 aromatic carbocycles. The van der Waals surface area contributed by atoms with Gasteiger partial charge in [0.2, 0.25) is 0 Å². The van der Waals surface area contributed by atoms with Crippen molar-refractivity contribution >= 4 is 0 Å². The van der Waals surface area contributed by atoms with Crippen LogP contribution in [-0.4, -0.2) is 67.8 Å². The van der Waals surface area contributed by atoms with Crippen LogP contribution in [0.15, 0.2) is 48.5 Å². The van der Waals surface area contributed by atoms with E-state index in [9.17, 15) is 25.5 Å². The molecule has 0 saturated heterocycles. The Labute approximate surface area is 229 Å². The molecule has 7 atom stereocenters. The van der Waals surface area contributed by atoms with Crippen molar-refractivity contribution in [2.45, 2.75) is 109 Å². The predicted molar refractivity (Wildman–Crippen MR) is 152 cm³/mol. The van der Waals surface area contributed by atoms with Crippen molar-refractivity contribution in [2.75, 3.05) is 6.61 Å². The van der Waals surface area contributed by atoms with Crippen molar-refractivity contribution in [3.8, 4) is 0 Å². The van der Waals surface area contributed by atoms with Gasteiger partial charge in [0.1, 0.15) is 24.4 Å². The van der Waals surface area contributed by atoms with Crippen LogP contribution in [-0.2, 0) is 25.7 Å². The minimum absolute atomic E-state index is 0.191. The zero-order chi connectivity index (χ0) is 28.1. The van der Waals surface area contributed by atoms with Crippen LogP contribution < -0.4 is 0 Å². The summed E-state index contributed by atoms with van der Waals surface area (Å²) in [5, 5.41) is 61.4. The van der Waals surface area contributed by atoms with Gasteiger partial charge in [-0.05, 0) is 79.0 Å². The first kappa shape index (κ1) is 32.4. The molecule has 0 aromatic heterocycles.